The number of rotatable bonds is 6. The Bertz CT molecular complexity index is 905. The predicted octanol–water partition coefficient (Wildman–Crippen LogP) is 3.65. The SMILES string of the molecule is CCCc1ncc2c(n1)CCN(Cc1cc(-c3ccc(OC)cc3)on1)C2. The number of aromatic nitrogens is 3. The molecule has 0 spiro atoms. The van der Waals surface area contributed by atoms with Crippen molar-refractivity contribution in [3.63, 3.8) is 0 Å². The monoisotopic (exact) mass is 364 g/mol. The van der Waals surface area contributed by atoms with Crippen molar-refractivity contribution in [2.24, 2.45) is 0 Å². The zero-order valence-electron chi connectivity index (χ0n) is 15.8. The number of hydrogen-bond donors (Lipinski definition) is 0. The molecule has 0 unspecified atom stereocenters. The van der Waals surface area contributed by atoms with Crippen LogP contribution in [0.3, 0.4) is 0 Å². The Morgan fingerprint density at radius 3 is 2.85 bits per heavy atom. The largest absolute Gasteiger partial charge is 0.497 e. The third-order valence-electron chi connectivity index (χ3n) is 4.86. The highest BCUT2D eigenvalue weighted by molar-refractivity contribution is 5.58. The van der Waals surface area contributed by atoms with E-state index in [-0.39, 0.29) is 0 Å². The average Bonchev–Trinajstić information content (AvgIpc) is 3.17. The normalized spacial score (nSPS) is 14.1. The van der Waals surface area contributed by atoms with E-state index in [1.54, 1.807) is 7.11 Å². The van der Waals surface area contributed by atoms with E-state index in [4.69, 9.17) is 14.2 Å². The van der Waals surface area contributed by atoms with Crippen molar-refractivity contribution in [3.8, 4) is 17.1 Å². The van der Waals surface area contributed by atoms with Crippen LogP contribution in [0.2, 0.25) is 0 Å². The molecule has 1 aromatic carbocycles. The van der Waals surface area contributed by atoms with Gasteiger partial charge >= 0.3 is 0 Å². The number of hydrogen-bond acceptors (Lipinski definition) is 6. The molecule has 4 rings (SSSR count). The van der Waals surface area contributed by atoms with Crippen LogP contribution < -0.4 is 4.74 Å². The highest BCUT2D eigenvalue weighted by Gasteiger charge is 2.20. The molecule has 140 valence electrons. The molecule has 0 bridgehead atoms. The van der Waals surface area contributed by atoms with Crippen LogP contribution in [0.15, 0.2) is 41.1 Å². The van der Waals surface area contributed by atoms with E-state index in [0.717, 1.165) is 67.5 Å². The number of nitrogens with zero attached hydrogens (tertiary/aromatic N) is 4. The van der Waals surface area contributed by atoms with Gasteiger partial charge in [-0.15, -0.1) is 0 Å². The Morgan fingerprint density at radius 2 is 2.07 bits per heavy atom. The van der Waals surface area contributed by atoms with Gasteiger partial charge in [-0.05, 0) is 30.7 Å². The van der Waals surface area contributed by atoms with E-state index >= 15 is 0 Å². The summed E-state index contributed by atoms with van der Waals surface area (Å²) in [5, 5.41) is 4.24. The van der Waals surface area contributed by atoms with Gasteiger partial charge in [0.1, 0.15) is 11.6 Å². The van der Waals surface area contributed by atoms with Crippen LogP contribution in [0.25, 0.3) is 11.3 Å². The first-order chi connectivity index (χ1) is 13.2. The fourth-order valence-electron chi connectivity index (χ4n) is 3.40. The molecule has 0 saturated carbocycles. The quantitative estimate of drug-likeness (QED) is 0.665. The van der Waals surface area contributed by atoms with Crippen molar-refractivity contribution in [1.82, 2.24) is 20.0 Å². The molecule has 0 atom stereocenters. The van der Waals surface area contributed by atoms with Gasteiger partial charge < -0.3 is 9.26 Å². The van der Waals surface area contributed by atoms with Crippen LogP contribution in [0, 0.1) is 0 Å². The smallest absolute Gasteiger partial charge is 0.167 e. The van der Waals surface area contributed by atoms with E-state index in [9.17, 15) is 0 Å². The summed E-state index contributed by atoms with van der Waals surface area (Å²) in [5.41, 5.74) is 4.35. The highest BCUT2D eigenvalue weighted by Crippen LogP contribution is 2.24. The molecule has 2 aromatic heterocycles. The molecule has 27 heavy (non-hydrogen) atoms. The minimum atomic E-state index is 0.760. The summed E-state index contributed by atoms with van der Waals surface area (Å²) in [6.45, 7) is 4.74. The predicted molar refractivity (Wildman–Crippen MR) is 102 cm³/mol. The molecule has 1 aliphatic heterocycles. The Hall–Kier alpha value is -2.73. The Balaban J connectivity index is 1.42. The minimum absolute atomic E-state index is 0.760. The maximum Gasteiger partial charge on any atom is 0.167 e. The molecule has 0 radical (unpaired) electrons. The summed E-state index contributed by atoms with van der Waals surface area (Å²) in [4.78, 5) is 11.6. The molecule has 6 heteroatoms. The maximum atomic E-state index is 5.54. The van der Waals surface area contributed by atoms with Crippen LogP contribution in [0.5, 0.6) is 5.75 Å². The summed E-state index contributed by atoms with van der Waals surface area (Å²) >= 11 is 0. The van der Waals surface area contributed by atoms with Crippen molar-refractivity contribution in [1.29, 1.82) is 0 Å². The third kappa shape index (κ3) is 4.01. The van der Waals surface area contributed by atoms with Gasteiger partial charge in [0.05, 0.1) is 12.8 Å². The van der Waals surface area contributed by atoms with Gasteiger partial charge in [-0.3, -0.25) is 4.90 Å². The summed E-state index contributed by atoms with van der Waals surface area (Å²) in [6.07, 6.45) is 4.97. The van der Waals surface area contributed by atoms with Gasteiger partial charge in [0.15, 0.2) is 5.76 Å². The van der Waals surface area contributed by atoms with Crippen LogP contribution in [0.1, 0.15) is 36.1 Å². The number of ether oxygens (including phenoxy) is 1. The lowest BCUT2D eigenvalue weighted by atomic mass is 10.1. The number of methoxy groups -OCH3 is 1. The second kappa shape index (κ2) is 7.88. The van der Waals surface area contributed by atoms with E-state index in [1.807, 2.05) is 36.5 Å². The van der Waals surface area contributed by atoms with Gasteiger partial charge in [0, 0.05) is 61.6 Å². The first-order valence-corrected chi connectivity index (χ1v) is 9.41. The van der Waals surface area contributed by atoms with E-state index in [0.29, 0.717) is 0 Å². The Morgan fingerprint density at radius 1 is 1.22 bits per heavy atom. The zero-order valence-corrected chi connectivity index (χ0v) is 15.8. The summed E-state index contributed by atoms with van der Waals surface area (Å²) in [6, 6.07) is 9.81. The molecule has 0 N–H and O–H groups in total. The second-order valence-electron chi connectivity index (χ2n) is 6.88. The number of fused-ring (bicyclic) bond motifs is 1. The molecule has 6 nitrogen and oxygen atoms in total. The topological polar surface area (TPSA) is 64.3 Å². The third-order valence-corrected chi connectivity index (χ3v) is 4.86. The van der Waals surface area contributed by atoms with E-state index in [1.165, 1.54) is 11.3 Å². The Labute approximate surface area is 159 Å². The van der Waals surface area contributed by atoms with Crippen molar-refractivity contribution in [3.05, 3.63) is 59.3 Å². The van der Waals surface area contributed by atoms with Crippen LogP contribution >= 0.6 is 0 Å². The van der Waals surface area contributed by atoms with Crippen molar-refractivity contribution >= 4 is 0 Å². The van der Waals surface area contributed by atoms with Gasteiger partial charge in [0.25, 0.3) is 0 Å². The molecule has 3 aromatic rings. The number of aryl methyl sites for hydroxylation is 1. The molecule has 1 aliphatic rings. The lowest BCUT2D eigenvalue weighted by molar-refractivity contribution is 0.235. The first-order valence-electron chi connectivity index (χ1n) is 9.41. The zero-order chi connectivity index (χ0) is 18.6. The van der Waals surface area contributed by atoms with Crippen molar-refractivity contribution in [2.45, 2.75) is 39.3 Å². The molecular weight excluding hydrogens is 340 g/mol. The summed E-state index contributed by atoms with van der Waals surface area (Å²) in [5.74, 6) is 2.57. The highest BCUT2D eigenvalue weighted by atomic mass is 16.5. The molecule has 0 fully saturated rings. The molecular formula is C21H24N4O2. The summed E-state index contributed by atoms with van der Waals surface area (Å²) < 4.78 is 10.7. The van der Waals surface area contributed by atoms with Crippen LogP contribution in [0.4, 0.5) is 0 Å². The lowest BCUT2D eigenvalue weighted by Gasteiger charge is -2.27. The standard InChI is InChI=1S/C21H24N4O2/c1-3-4-21-22-12-16-13-25(10-9-19(16)23-21)14-17-11-20(27-24-17)15-5-7-18(26-2)8-6-15/h5-8,11-12H,3-4,9-10,13-14H2,1-2H3. The van der Waals surface area contributed by atoms with Crippen LogP contribution in [-0.2, 0) is 25.9 Å². The van der Waals surface area contributed by atoms with Gasteiger partial charge in [-0.1, -0.05) is 12.1 Å². The average molecular weight is 364 g/mol. The minimum Gasteiger partial charge on any atom is -0.497 e. The van der Waals surface area contributed by atoms with E-state index in [2.05, 4.69) is 22.0 Å². The maximum absolute atomic E-state index is 5.54. The van der Waals surface area contributed by atoms with Gasteiger partial charge in [0.2, 0.25) is 0 Å². The fourth-order valence-corrected chi connectivity index (χ4v) is 3.40. The molecule has 0 aliphatic carbocycles. The van der Waals surface area contributed by atoms with Crippen molar-refractivity contribution in [2.75, 3.05) is 13.7 Å². The molecule has 0 saturated heterocycles. The summed E-state index contributed by atoms with van der Waals surface area (Å²) in [7, 11) is 1.66. The number of benzene rings is 1. The second-order valence-corrected chi connectivity index (χ2v) is 6.88. The van der Waals surface area contributed by atoms with Gasteiger partial charge in [-0.2, -0.15) is 0 Å². The lowest BCUT2D eigenvalue weighted by Crippen LogP contribution is -2.31. The Kier molecular flexibility index (Phi) is 5.16. The first kappa shape index (κ1) is 17.7. The molecule has 0 amide bonds. The van der Waals surface area contributed by atoms with E-state index < -0.39 is 0 Å². The molecule has 3 heterocycles. The van der Waals surface area contributed by atoms with Crippen LogP contribution in [-0.4, -0.2) is 33.7 Å². The fraction of sp³-hybridized carbons (Fsp3) is 0.381. The van der Waals surface area contributed by atoms with Crippen molar-refractivity contribution < 1.29 is 9.26 Å². The van der Waals surface area contributed by atoms with Gasteiger partial charge in [-0.25, -0.2) is 9.97 Å².